The zero-order valence-electron chi connectivity index (χ0n) is 14.3. The summed E-state index contributed by atoms with van der Waals surface area (Å²) in [6, 6.07) is 9.53. The lowest BCUT2D eigenvalue weighted by Gasteiger charge is -2.28. The lowest BCUT2D eigenvalue weighted by molar-refractivity contribution is 0.0728. The molecular formula is C18H20N4O3S. The van der Waals surface area contributed by atoms with E-state index in [4.69, 9.17) is 0 Å². The van der Waals surface area contributed by atoms with Crippen molar-refractivity contribution < 1.29 is 13.2 Å². The summed E-state index contributed by atoms with van der Waals surface area (Å²) in [5.41, 5.74) is 2.77. The minimum atomic E-state index is -2.98. The van der Waals surface area contributed by atoms with Crippen molar-refractivity contribution in [3.63, 3.8) is 0 Å². The van der Waals surface area contributed by atoms with Gasteiger partial charge in [0.2, 0.25) is 5.95 Å². The molecule has 0 saturated carbocycles. The maximum Gasteiger partial charge on any atom is 0.272 e. The number of carbonyl (C=O) groups excluding carboxylic acids is 1. The fourth-order valence-electron chi connectivity index (χ4n) is 3.47. The normalized spacial score (nSPS) is 21.2. The van der Waals surface area contributed by atoms with Crippen LogP contribution in [0.5, 0.6) is 0 Å². The highest BCUT2D eigenvalue weighted by molar-refractivity contribution is 7.91. The summed E-state index contributed by atoms with van der Waals surface area (Å²) >= 11 is 0. The number of carbonyl (C=O) groups is 1. The Labute approximate surface area is 152 Å². The monoisotopic (exact) mass is 372 g/mol. The molecule has 1 aromatic heterocycles. The fraction of sp³-hybridized carbons (Fsp3) is 0.389. The zero-order valence-corrected chi connectivity index (χ0v) is 15.1. The summed E-state index contributed by atoms with van der Waals surface area (Å²) in [7, 11) is -2.98. The molecule has 1 amide bonds. The molecule has 2 aromatic rings. The quantitative estimate of drug-likeness (QED) is 0.872. The van der Waals surface area contributed by atoms with Gasteiger partial charge in [0.15, 0.2) is 9.84 Å². The Morgan fingerprint density at radius 2 is 2.00 bits per heavy atom. The minimum absolute atomic E-state index is 0.0808. The molecule has 1 atom stereocenters. The van der Waals surface area contributed by atoms with Gasteiger partial charge in [-0.25, -0.2) is 18.4 Å². The zero-order chi connectivity index (χ0) is 18.1. The predicted octanol–water partition coefficient (Wildman–Crippen LogP) is 1.27. The first-order valence-corrected chi connectivity index (χ1v) is 10.5. The van der Waals surface area contributed by atoms with Gasteiger partial charge in [0.25, 0.3) is 5.91 Å². The summed E-state index contributed by atoms with van der Waals surface area (Å²) in [5, 5.41) is 3.04. The first kappa shape index (κ1) is 17.0. The summed E-state index contributed by atoms with van der Waals surface area (Å²) in [5.74, 6) is 0.424. The van der Waals surface area contributed by atoms with Gasteiger partial charge >= 0.3 is 0 Å². The van der Waals surface area contributed by atoms with Crippen LogP contribution in [0.25, 0.3) is 0 Å². The van der Waals surface area contributed by atoms with Gasteiger partial charge < -0.3 is 10.2 Å². The van der Waals surface area contributed by atoms with E-state index in [0.717, 1.165) is 12.0 Å². The highest BCUT2D eigenvalue weighted by Crippen LogP contribution is 2.20. The first-order valence-electron chi connectivity index (χ1n) is 8.66. The van der Waals surface area contributed by atoms with Crippen molar-refractivity contribution in [3.05, 3.63) is 53.3 Å². The number of benzene rings is 1. The molecule has 7 nitrogen and oxygen atoms in total. The van der Waals surface area contributed by atoms with E-state index >= 15 is 0 Å². The van der Waals surface area contributed by atoms with Crippen LogP contribution in [0.3, 0.4) is 0 Å². The average Bonchev–Trinajstić information content (AvgIpc) is 2.99. The van der Waals surface area contributed by atoms with Crippen molar-refractivity contribution in [1.29, 1.82) is 0 Å². The number of rotatable bonds is 3. The third kappa shape index (κ3) is 3.55. The lowest BCUT2D eigenvalue weighted by atomic mass is 10.00. The van der Waals surface area contributed by atoms with Gasteiger partial charge in [-0.2, -0.15) is 0 Å². The molecule has 3 heterocycles. The summed E-state index contributed by atoms with van der Waals surface area (Å²) in [6.45, 7) is 1.23. The number of fused-ring (bicyclic) bond motifs is 1. The van der Waals surface area contributed by atoms with E-state index in [1.165, 1.54) is 11.8 Å². The van der Waals surface area contributed by atoms with Crippen LogP contribution >= 0.6 is 0 Å². The van der Waals surface area contributed by atoms with Crippen LogP contribution in [0, 0.1) is 0 Å². The average molecular weight is 372 g/mol. The molecule has 2 aliphatic heterocycles. The van der Waals surface area contributed by atoms with Crippen molar-refractivity contribution in [3.8, 4) is 0 Å². The number of aromatic nitrogens is 2. The van der Waals surface area contributed by atoms with E-state index in [2.05, 4.69) is 21.4 Å². The number of nitrogens with zero attached hydrogens (tertiary/aromatic N) is 3. The molecule has 1 aromatic carbocycles. The molecular weight excluding hydrogens is 352 g/mol. The molecule has 1 unspecified atom stereocenters. The van der Waals surface area contributed by atoms with Crippen molar-refractivity contribution in [1.82, 2.24) is 14.9 Å². The van der Waals surface area contributed by atoms with Gasteiger partial charge in [0.1, 0.15) is 5.69 Å². The molecule has 0 radical (unpaired) electrons. The number of anilines is 1. The first-order chi connectivity index (χ1) is 12.5. The van der Waals surface area contributed by atoms with Crippen molar-refractivity contribution in [2.45, 2.75) is 25.4 Å². The van der Waals surface area contributed by atoms with Gasteiger partial charge in [-0.1, -0.05) is 24.3 Å². The van der Waals surface area contributed by atoms with E-state index in [1.807, 2.05) is 18.2 Å². The van der Waals surface area contributed by atoms with Crippen LogP contribution in [0.15, 0.2) is 36.5 Å². The second kappa shape index (κ2) is 6.68. The second-order valence-corrected chi connectivity index (χ2v) is 8.98. The molecule has 26 heavy (non-hydrogen) atoms. The summed E-state index contributed by atoms with van der Waals surface area (Å²) in [4.78, 5) is 23.0. The molecule has 0 spiro atoms. The van der Waals surface area contributed by atoms with Gasteiger partial charge in [-0.05, 0) is 30.0 Å². The van der Waals surface area contributed by atoms with Crippen LogP contribution in [-0.4, -0.2) is 53.3 Å². The van der Waals surface area contributed by atoms with Crippen LogP contribution in [-0.2, 0) is 22.8 Å². The number of hydrogen-bond donors (Lipinski definition) is 1. The van der Waals surface area contributed by atoms with E-state index < -0.39 is 9.84 Å². The Morgan fingerprint density at radius 1 is 1.19 bits per heavy atom. The van der Waals surface area contributed by atoms with Gasteiger partial charge in [0.05, 0.1) is 11.5 Å². The van der Waals surface area contributed by atoms with Gasteiger partial charge in [-0.15, -0.1) is 0 Å². The molecule has 2 aliphatic rings. The number of nitrogens with one attached hydrogen (secondary N) is 1. The van der Waals surface area contributed by atoms with E-state index in [1.54, 1.807) is 11.0 Å². The Bertz CT molecular complexity index is 945. The molecule has 1 N–H and O–H groups in total. The SMILES string of the molecule is O=C(c1ccnc(NC2CCS(=O)(=O)C2)n1)N1CCc2ccccc2C1. The highest BCUT2D eigenvalue weighted by Gasteiger charge is 2.28. The largest absolute Gasteiger partial charge is 0.350 e. The molecule has 1 fully saturated rings. The van der Waals surface area contributed by atoms with Crippen LogP contribution in [0.2, 0.25) is 0 Å². The van der Waals surface area contributed by atoms with Crippen LogP contribution < -0.4 is 5.32 Å². The number of amides is 1. The summed E-state index contributed by atoms with van der Waals surface area (Å²) < 4.78 is 23.1. The standard InChI is InChI=1S/C18H20N4O3S/c23-17(22-9-6-13-3-1-2-4-14(13)11-22)16-5-8-19-18(21-16)20-15-7-10-26(24,25)12-15/h1-5,8,15H,6-7,9-12H2,(H,19,20,21). The van der Waals surface area contributed by atoms with Crippen molar-refractivity contribution in [2.24, 2.45) is 0 Å². The smallest absolute Gasteiger partial charge is 0.272 e. The third-order valence-corrected chi connectivity index (χ3v) is 6.63. The molecule has 8 heteroatoms. The van der Waals surface area contributed by atoms with Gasteiger partial charge in [0, 0.05) is 25.3 Å². The van der Waals surface area contributed by atoms with E-state index in [-0.39, 0.29) is 23.5 Å². The molecule has 0 aliphatic carbocycles. The lowest BCUT2D eigenvalue weighted by Crippen LogP contribution is -2.36. The van der Waals surface area contributed by atoms with Crippen molar-refractivity contribution in [2.75, 3.05) is 23.4 Å². The van der Waals surface area contributed by atoms with Crippen molar-refractivity contribution >= 4 is 21.7 Å². The number of sulfone groups is 1. The van der Waals surface area contributed by atoms with Crippen LogP contribution in [0.4, 0.5) is 5.95 Å². The molecule has 1 saturated heterocycles. The maximum absolute atomic E-state index is 12.8. The van der Waals surface area contributed by atoms with Gasteiger partial charge in [-0.3, -0.25) is 4.79 Å². The number of hydrogen-bond acceptors (Lipinski definition) is 6. The third-order valence-electron chi connectivity index (χ3n) is 4.86. The highest BCUT2D eigenvalue weighted by atomic mass is 32.2. The fourth-order valence-corrected chi connectivity index (χ4v) is 5.14. The Balaban J connectivity index is 1.47. The van der Waals surface area contributed by atoms with Crippen LogP contribution in [0.1, 0.15) is 28.0 Å². The van der Waals surface area contributed by atoms with E-state index in [0.29, 0.717) is 31.2 Å². The molecule has 0 bridgehead atoms. The predicted molar refractivity (Wildman–Crippen MR) is 97.6 cm³/mol. The molecule has 136 valence electrons. The Kier molecular flexibility index (Phi) is 4.36. The Hall–Kier alpha value is -2.48. The minimum Gasteiger partial charge on any atom is -0.350 e. The Morgan fingerprint density at radius 3 is 2.77 bits per heavy atom. The van der Waals surface area contributed by atoms with E-state index in [9.17, 15) is 13.2 Å². The summed E-state index contributed by atoms with van der Waals surface area (Å²) in [6.07, 6.45) is 2.90. The second-order valence-electron chi connectivity index (χ2n) is 6.76. The molecule has 4 rings (SSSR count). The maximum atomic E-state index is 12.8. The topological polar surface area (TPSA) is 92.3 Å².